The lowest BCUT2D eigenvalue weighted by Gasteiger charge is -2.04. The van der Waals surface area contributed by atoms with Crippen molar-refractivity contribution < 1.29 is 19.1 Å². The molecule has 0 aliphatic heterocycles. The van der Waals surface area contributed by atoms with Gasteiger partial charge in [-0.1, -0.05) is 11.6 Å². The van der Waals surface area contributed by atoms with Crippen molar-refractivity contribution in [3.05, 3.63) is 35.2 Å². The predicted molar refractivity (Wildman–Crippen MR) is 60.5 cm³/mol. The summed E-state index contributed by atoms with van der Waals surface area (Å²) < 4.78 is 10.2. The molecule has 1 aromatic heterocycles. The van der Waals surface area contributed by atoms with Crippen LogP contribution in [0.15, 0.2) is 28.9 Å². The SMILES string of the molecule is COc1ccc(Cl)cc1-c1nc(C(=O)O)co1. The molecule has 1 aromatic carbocycles. The van der Waals surface area contributed by atoms with Crippen molar-refractivity contribution in [1.29, 1.82) is 0 Å². The number of hydrogen-bond donors (Lipinski definition) is 1. The van der Waals surface area contributed by atoms with Gasteiger partial charge in [0.1, 0.15) is 12.0 Å². The lowest BCUT2D eigenvalue weighted by molar-refractivity contribution is 0.0690. The number of hydrogen-bond acceptors (Lipinski definition) is 4. The largest absolute Gasteiger partial charge is 0.496 e. The van der Waals surface area contributed by atoms with Crippen LogP contribution in [0.2, 0.25) is 5.02 Å². The normalized spacial score (nSPS) is 10.2. The molecule has 0 aliphatic carbocycles. The lowest BCUT2D eigenvalue weighted by atomic mass is 10.2. The Labute approximate surface area is 102 Å². The van der Waals surface area contributed by atoms with Crippen molar-refractivity contribution in [2.45, 2.75) is 0 Å². The first-order chi connectivity index (χ1) is 8.11. The summed E-state index contributed by atoms with van der Waals surface area (Å²) in [5, 5.41) is 9.23. The van der Waals surface area contributed by atoms with Gasteiger partial charge in [-0.25, -0.2) is 9.78 Å². The van der Waals surface area contributed by atoms with E-state index in [0.717, 1.165) is 6.26 Å². The Morgan fingerprint density at radius 3 is 2.88 bits per heavy atom. The maximum atomic E-state index is 10.7. The van der Waals surface area contributed by atoms with Gasteiger partial charge in [0.2, 0.25) is 5.89 Å². The van der Waals surface area contributed by atoms with Crippen molar-refractivity contribution in [2.75, 3.05) is 7.11 Å². The van der Waals surface area contributed by atoms with E-state index in [9.17, 15) is 4.79 Å². The summed E-state index contributed by atoms with van der Waals surface area (Å²) in [7, 11) is 1.49. The van der Waals surface area contributed by atoms with Gasteiger partial charge in [0.25, 0.3) is 0 Å². The number of carboxylic acids is 1. The van der Waals surface area contributed by atoms with Gasteiger partial charge in [-0.15, -0.1) is 0 Å². The van der Waals surface area contributed by atoms with Crippen LogP contribution in [0.25, 0.3) is 11.5 Å². The van der Waals surface area contributed by atoms with Gasteiger partial charge < -0.3 is 14.3 Å². The van der Waals surface area contributed by atoms with Gasteiger partial charge in [0.15, 0.2) is 5.69 Å². The van der Waals surface area contributed by atoms with E-state index in [0.29, 0.717) is 16.3 Å². The molecule has 0 fully saturated rings. The Bertz CT molecular complexity index is 564. The molecule has 0 amide bonds. The molecule has 5 nitrogen and oxygen atoms in total. The minimum absolute atomic E-state index is 0.154. The standard InChI is InChI=1S/C11H8ClNO4/c1-16-9-3-2-6(12)4-7(9)10-13-8(5-17-10)11(14)15/h2-5H,1H3,(H,14,15). The van der Waals surface area contributed by atoms with Gasteiger partial charge >= 0.3 is 5.97 Å². The zero-order chi connectivity index (χ0) is 12.4. The average Bonchev–Trinajstić information content (AvgIpc) is 2.78. The van der Waals surface area contributed by atoms with Crippen LogP contribution in [0.5, 0.6) is 5.75 Å². The zero-order valence-electron chi connectivity index (χ0n) is 8.81. The maximum Gasteiger partial charge on any atom is 0.357 e. The first-order valence-corrected chi connectivity index (χ1v) is 5.02. The van der Waals surface area contributed by atoms with E-state index in [1.54, 1.807) is 18.2 Å². The topological polar surface area (TPSA) is 72.6 Å². The number of benzene rings is 1. The molecule has 0 radical (unpaired) electrons. The summed E-state index contributed by atoms with van der Waals surface area (Å²) in [4.78, 5) is 14.5. The van der Waals surface area contributed by atoms with Gasteiger partial charge in [0, 0.05) is 5.02 Å². The predicted octanol–water partition coefficient (Wildman–Crippen LogP) is 2.70. The second-order valence-electron chi connectivity index (χ2n) is 3.19. The maximum absolute atomic E-state index is 10.7. The van der Waals surface area contributed by atoms with Crippen LogP contribution in [0, 0.1) is 0 Å². The molecule has 2 rings (SSSR count). The highest BCUT2D eigenvalue weighted by molar-refractivity contribution is 6.30. The number of nitrogens with zero attached hydrogens (tertiary/aromatic N) is 1. The van der Waals surface area contributed by atoms with Crippen molar-refractivity contribution in [3.8, 4) is 17.2 Å². The molecule has 1 N–H and O–H groups in total. The van der Waals surface area contributed by atoms with Gasteiger partial charge in [-0.05, 0) is 18.2 Å². The molecule has 0 unspecified atom stereocenters. The second kappa shape index (κ2) is 4.47. The van der Waals surface area contributed by atoms with E-state index in [1.165, 1.54) is 7.11 Å². The smallest absolute Gasteiger partial charge is 0.357 e. The number of rotatable bonds is 3. The van der Waals surface area contributed by atoms with Crippen LogP contribution < -0.4 is 4.74 Å². The fraction of sp³-hybridized carbons (Fsp3) is 0.0909. The highest BCUT2D eigenvalue weighted by Crippen LogP contribution is 2.31. The van der Waals surface area contributed by atoms with Crippen LogP contribution in [-0.4, -0.2) is 23.2 Å². The summed E-state index contributed by atoms with van der Waals surface area (Å²) in [5.74, 6) is -0.490. The fourth-order valence-corrected chi connectivity index (χ4v) is 1.52. The van der Waals surface area contributed by atoms with Crippen molar-refractivity contribution in [1.82, 2.24) is 4.98 Å². The van der Waals surface area contributed by atoms with E-state index >= 15 is 0 Å². The Balaban J connectivity index is 2.51. The van der Waals surface area contributed by atoms with Crippen LogP contribution in [-0.2, 0) is 0 Å². The third-order valence-electron chi connectivity index (χ3n) is 2.12. The first-order valence-electron chi connectivity index (χ1n) is 4.64. The van der Waals surface area contributed by atoms with Gasteiger partial charge in [0.05, 0.1) is 12.7 Å². The molecular formula is C11H8ClNO4. The van der Waals surface area contributed by atoms with Crippen LogP contribution >= 0.6 is 11.6 Å². The van der Waals surface area contributed by atoms with Crippen molar-refractivity contribution in [3.63, 3.8) is 0 Å². The van der Waals surface area contributed by atoms with E-state index in [2.05, 4.69) is 4.98 Å². The summed E-state index contributed by atoms with van der Waals surface area (Å²) in [6, 6.07) is 4.91. The molecule has 0 saturated carbocycles. The molecule has 0 atom stereocenters. The Morgan fingerprint density at radius 2 is 2.29 bits per heavy atom. The van der Waals surface area contributed by atoms with Crippen molar-refractivity contribution in [2.24, 2.45) is 0 Å². The molecule has 1 heterocycles. The van der Waals surface area contributed by atoms with E-state index in [4.69, 9.17) is 25.9 Å². The van der Waals surface area contributed by atoms with E-state index < -0.39 is 5.97 Å². The Morgan fingerprint density at radius 1 is 1.53 bits per heavy atom. The average molecular weight is 254 g/mol. The quantitative estimate of drug-likeness (QED) is 0.910. The number of methoxy groups -OCH3 is 1. The molecule has 2 aromatic rings. The third kappa shape index (κ3) is 2.24. The number of aromatic nitrogens is 1. The Hall–Kier alpha value is -2.01. The molecule has 0 saturated heterocycles. The van der Waals surface area contributed by atoms with Crippen LogP contribution in [0.1, 0.15) is 10.5 Å². The fourth-order valence-electron chi connectivity index (χ4n) is 1.34. The van der Waals surface area contributed by atoms with Crippen LogP contribution in [0.4, 0.5) is 0 Å². The van der Waals surface area contributed by atoms with Crippen molar-refractivity contribution >= 4 is 17.6 Å². The molecular weight excluding hydrogens is 246 g/mol. The summed E-state index contributed by atoms with van der Waals surface area (Å²) >= 11 is 5.85. The summed E-state index contributed by atoms with van der Waals surface area (Å²) in [5.41, 5.74) is 0.342. The number of aromatic carboxylic acids is 1. The number of oxazole rings is 1. The molecule has 0 aliphatic rings. The number of carbonyl (C=O) groups is 1. The highest BCUT2D eigenvalue weighted by Gasteiger charge is 2.15. The van der Waals surface area contributed by atoms with Gasteiger partial charge in [-0.2, -0.15) is 0 Å². The number of ether oxygens (including phenoxy) is 1. The molecule has 0 bridgehead atoms. The minimum Gasteiger partial charge on any atom is -0.496 e. The summed E-state index contributed by atoms with van der Waals surface area (Å²) in [6.45, 7) is 0. The number of halogens is 1. The molecule has 17 heavy (non-hydrogen) atoms. The third-order valence-corrected chi connectivity index (χ3v) is 2.35. The number of carboxylic acid groups (broad SMARTS) is 1. The lowest BCUT2D eigenvalue weighted by Crippen LogP contribution is -1.96. The Kier molecular flexibility index (Phi) is 3.01. The molecule has 6 heteroatoms. The van der Waals surface area contributed by atoms with Gasteiger partial charge in [-0.3, -0.25) is 0 Å². The molecule has 0 spiro atoms. The zero-order valence-corrected chi connectivity index (χ0v) is 9.56. The minimum atomic E-state index is -1.15. The van der Waals surface area contributed by atoms with E-state index in [-0.39, 0.29) is 11.6 Å². The monoisotopic (exact) mass is 253 g/mol. The van der Waals surface area contributed by atoms with E-state index in [1.807, 2.05) is 0 Å². The highest BCUT2D eigenvalue weighted by atomic mass is 35.5. The molecule has 88 valence electrons. The summed E-state index contributed by atoms with van der Waals surface area (Å²) in [6.07, 6.45) is 1.07. The first kappa shape index (κ1) is 11.5. The second-order valence-corrected chi connectivity index (χ2v) is 3.62. The van der Waals surface area contributed by atoms with Crippen LogP contribution in [0.3, 0.4) is 0 Å².